The van der Waals surface area contributed by atoms with Crippen molar-refractivity contribution in [2.75, 3.05) is 11.1 Å². The maximum Gasteiger partial charge on any atom is 0.0619 e. The lowest BCUT2D eigenvalue weighted by Crippen LogP contribution is -1.97. The molecule has 2 rings (SSSR count). The van der Waals surface area contributed by atoms with Gasteiger partial charge in [0.15, 0.2) is 0 Å². The highest BCUT2D eigenvalue weighted by atomic mass is 79.9. The Hall–Kier alpha value is -0.710. The third-order valence-electron chi connectivity index (χ3n) is 2.53. The molecule has 2 aromatic rings. The van der Waals surface area contributed by atoms with Crippen molar-refractivity contribution in [2.45, 2.75) is 6.92 Å². The number of hydrogen-bond donors (Lipinski definition) is 2. The van der Waals surface area contributed by atoms with Crippen molar-refractivity contribution < 1.29 is 0 Å². The number of anilines is 3. The minimum atomic E-state index is 0.674. The van der Waals surface area contributed by atoms with Gasteiger partial charge in [-0.25, -0.2) is 0 Å². The lowest BCUT2D eigenvalue weighted by atomic mass is 10.2. The zero-order chi connectivity index (χ0) is 13.3. The smallest absolute Gasteiger partial charge is 0.0619 e. The second kappa shape index (κ2) is 5.51. The lowest BCUT2D eigenvalue weighted by Gasteiger charge is -2.12. The molecule has 0 aliphatic carbocycles. The number of nitrogens with one attached hydrogen (secondary N) is 1. The normalized spacial score (nSPS) is 10.4. The topological polar surface area (TPSA) is 38.0 Å². The summed E-state index contributed by atoms with van der Waals surface area (Å²) in [4.78, 5) is 0. The van der Waals surface area contributed by atoms with Gasteiger partial charge in [-0.05, 0) is 58.7 Å². The summed E-state index contributed by atoms with van der Waals surface area (Å²) in [7, 11) is 0. The SMILES string of the molecule is Cc1cc(Br)c(Nc2ccc(Br)cc2N)cc1Cl. The summed E-state index contributed by atoms with van der Waals surface area (Å²) in [5.41, 5.74) is 9.38. The summed E-state index contributed by atoms with van der Waals surface area (Å²) < 4.78 is 1.90. The molecule has 5 heteroatoms. The summed E-state index contributed by atoms with van der Waals surface area (Å²) in [6.07, 6.45) is 0. The Morgan fingerprint density at radius 1 is 1.11 bits per heavy atom. The highest BCUT2D eigenvalue weighted by Gasteiger charge is 2.06. The second-order valence-corrected chi connectivity index (χ2v) is 6.12. The Labute approximate surface area is 128 Å². The van der Waals surface area contributed by atoms with Crippen LogP contribution >= 0.6 is 43.5 Å². The Morgan fingerprint density at radius 2 is 1.83 bits per heavy atom. The molecule has 0 aromatic heterocycles. The van der Waals surface area contributed by atoms with Gasteiger partial charge in [0.1, 0.15) is 0 Å². The standard InChI is InChI=1S/C13H11Br2ClN2/c1-7-4-9(15)13(6-10(7)16)18-12-3-2-8(14)5-11(12)17/h2-6,18H,17H2,1H3. The summed E-state index contributed by atoms with van der Waals surface area (Å²) in [6, 6.07) is 9.55. The van der Waals surface area contributed by atoms with Crippen molar-refractivity contribution in [1.82, 2.24) is 0 Å². The van der Waals surface area contributed by atoms with Crippen LogP contribution in [-0.2, 0) is 0 Å². The van der Waals surface area contributed by atoms with Crippen molar-refractivity contribution in [1.29, 1.82) is 0 Å². The molecule has 0 amide bonds. The van der Waals surface area contributed by atoms with Crippen LogP contribution in [0.1, 0.15) is 5.56 Å². The molecule has 0 radical (unpaired) electrons. The number of rotatable bonds is 2. The Balaban J connectivity index is 2.37. The van der Waals surface area contributed by atoms with E-state index >= 15 is 0 Å². The van der Waals surface area contributed by atoms with Crippen LogP contribution in [0.5, 0.6) is 0 Å². The van der Waals surface area contributed by atoms with Gasteiger partial charge in [0.2, 0.25) is 0 Å². The molecule has 0 spiro atoms. The average molecular weight is 391 g/mol. The fraction of sp³-hybridized carbons (Fsp3) is 0.0769. The van der Waals surface area contributed by atoms with Gasteiger partial charge in [0.05, 0.1) is 17.1 Å². The van der Waals surface area contributed by atoms with E-state index in [1.54, 1.807) is 0 Å². The molecule has 0 aliphatic rings. The molecule has 0 saturated heterocycles. The summed E-state index contributed by atoms with van der Waals surface area (Å²) in [5.74, 6) is 0. The van der Waals surface area contributed by atoms with Gasteiger partial charge in [-0.2, -0.15) is 0 Å². The molecule has 0 unspecified atom stereocenters. The number of aryl methyl sites for hydroxylation is 1. The van der Waals surface area contributed by atoms with E-state index in [9.17, 15) is 0 Å². The molecule has 0 atom stereocenters. The quantitative estimate of drug-likeness (QED) is 0.665. The number of nitrogen functional groups attached to an aromatic ring is 1. The van der Waals surface area contributed by atoms with Crippen LogP contribution in [0.25, 0.3) is 0 Å². The fourth-order valence-electron chi connectivity index (χ4n) is 1.53. The van der Waals surface area contributed by atoms with Crippen molar-refractivity contribution in [2.24, 2.45) is 0 Å². The van der Waals surface area contributed by atoms with Crippen molar-refractivity contribution in [3.63, 3.8) is 0 Å². The van der Waals surface area contributed by atoms with E-state index in [4.69, 9.17) is 17.3 Å². The molecule has 0 aliphatic heterocycles. The zero-order valence-corrected chi connectivity index (χ0v) is 13.5. The first-order valence-corrected chi connectivity index (χ1v) is 7.21. The van der Waals surface area contributed by atoms with E-state index in [1.807, 2.05) is 37.3 Å². The predicted molar refractivity (Wildman–Crippen MR) is 85.7 cm³/mol. The minimum absolute atomic E-state index is 0.674. The molecular formula is C13H11Br2ClN2. The van der Waals surface area contributed by atoms with Crippen molar-refractivity contribution >= 4 is 60.5 Å². The summed E-state index contributed by atoms with van der Waals surface area (Å²) in [6.45, 7) is 1.96. The molecule has 0 saturated carbocycles. The maximum absolute atomic E-state index is 6.12. The molecular weight excluding hydrogens is 379 g/mol. The molecule has 0 heterocycles. The van der Waals surface area contributed by atoms with Gasteiger partial charge in [-0.3, -0.25) is 0 Å². The number of nitrogens with two attached hydrogens (primary N) is 1. The second-order valence-electron chi connectivity index (χ2n) is 3.94. The number of halogens is 3. The van der Waals surface area contributed by atoms with Crippen LogP contribution in [0, 0.1) is 6.92 Å². The molecule has 2 aromatic carbocycles. The highest BCUT2D eigenvalue weighted by molar-refractivity contribution is 9.10. The van der Waals surface area contributed by atoms with E-state index in [0.717, 1.165) is 30.9 Å². The minimum Gasteiger partial charge on any atom is -0.397 e. The Kier molecular flexibility index (Phi) is 4.20. The van der Waals surface area contributed by atoms with Gasteiger partial charge in [-0.15, -0.1) is 0 Å². The predicted octanol–water partition coefficient (Wildman–Crippen LogP) is 5.50. The first-order valence-electron chi connectivity index (χ1n) is 5.25. The Bertz CT molecular complexity index is 600. The van der Waals surface area contributed by atoms with Crippen LogP contribution in [0.2, 0.25) is 5.02 Å². The highest BCUT2D eigenvalue weighted by Crippen LogP contribution is 2.33. The molecule has 3 N–H and O–H groups in total. The third kappa shape index (κ3) is 2.99. The molecule has 94 valence electrons. The van der Waals surface area contributed by atoms with Gasteiger partial charge in [0, 0.05) is 14.0 Å². The van der Waals surface area contributed by atoms with E-state index in [0.29, 0.717) is 5.69 Å². The van der Waals surface area contributed by atoms with Gasteiger partial charge >= 0.3 is 0 Å². The monoisotopic (exact) mass is 388 g/mol. The molecule has 0 fully saturated rings. The molecule has 18 heavy (non-hydrogen) atoms. The first kappa shape index (κ1) is 13.7. The fourth-order valence-corrected chi connectivity index (χ4v) is 2.63. The average Bonchev–Trinajstić information content (AvgIpc) is 2.29. The Morgan fingerprint density at radius 3 is 2.50 bits per heavy atom. The van der Waals surface area contributed by atoms with Crippen LogP contribution in [0.4, 0.5) is 17.1 Å². The molecule has 2 nitrogen and oxygen atoms in total. The van der Waals surface area contributed by atoms with Gasteiger partial charge in [-0.1, -0.05) is 27.5 Å². The van der Waals surface area contributed by atoms with Gasteiger partial charge in [0.25, 0.3) is 0 Å². The van der Waals surface area contributed by atoms with Gasteiger partial charge < -0.3 is 11.1 Å². The molecule has 0 bridgehead atoms. The largest absolute Gasteiger partial charge is 0.397 e. The van der Waals surface area contributed by atoms with E-state index in [2.05, 4.69) is 37.2 Å². The summed E-state index contributed by atoms with van der Waals surface area (Å²) in [5, 5.41) is 3.98. The maximum atomic E-state index is 6.12. The number of hydrogen-bond acceptors (Lipinski definition) is 2. The number of benzene rings is 2. The van der Waals surface area contributed by atoms with Crippen molar-refractivity contribution in [3.05, 3.63) is 49.9 Å². The van der Waals surface area contributed by atoms with E-state index < -0.39 is 0 Å². The lowest BCUT2D eigenvalue weighted by molar-refractivity contribution is 1.43. The first-order chi connectivity index (χ1) is 8.47. The van der Waals surface area contributed by atoms with Crippen LogP contribution in [-0.4, -0.2) is 0 Å². The van der Waals surface area contributed by atoms with Crippen LogP contribution < -0.4 is 11.1 Å². The van der Waals surface area contributed by atoms with Crippen LogP contribution in [0.15, 0.2) is 39.3 Å². The third-order valence-corrected chi connectivity index (χ3v) is 4.09. The summed E-state index contributed by atoms with van der Waals surface area (Å²) >= 11 is 13.0. The van der Waals surface area contributed by atoms with E-state index in [-0.39, 0.29) is 0 Å². The van der Waals surface area contributed by atoms with Crippen LogP contribution in [0.3, 0.4) is 0 Å². The van der Waals surface area contributed by atoms with Crippen molar-refractivity contribution in [3.8, 4) is 0 Å². The zero-order valence-electron chi connectivity index (χ0n) is 9.60. The van der Waals surface area contributed by atoms with E-state index in [1.165, 1.54) is 0 Å².